The van der Waals surface area contributed by atoms with E-state index in [2.05, 4.69) is 20.4 Å². The minimum absolute atomic E-state index is 0.171. The Hall–Kier alpha value is -3.26. The molecule has 1 aliphatic heterocycles. The summed E-state index contributed by atoms with van der Waals surface area (Å²) in [5.41, 5.74) is 4.27. The molecule has 5 rings (SSSR count). The van der Waals surface area contributed by atoms with Crippen LogP contribution in [0, 0.1) is 6.92 Å². The minimum Gasteiger partial charge on any atom is -0.507 e. The summed E-state index contributed by atoms with van der Waals surface area (Å²) in [6, 6.07) is 7.53. The largest absolute Gasteiger partial charge is 0.507 e. The van der Waals surface area contributed by atoms with Crippen LogP contribution in [0.4, 0.5) is 10.1 Å². The molecule has 4 heterocycles. The number of anilines is 1. The molecular formula is C22H23FN6O. The molecule has 1 aliphatic rings. The first kappa shape index (κ1) is 18.7. The maximum absolute atomic E-state index is 14.1. The molecule has 0 spiro atoms. The van der Waals surface area contributed by atoms with Gasteiger partial charge < -0.3 is 15.3 Å². The number of aromatic nitrogens is 4. The number of nitrogens with one attached hydrogen (secondary N) is 1. The van der Waals surface area contributed by atoms with Crippen molar-refractivity contribution in [3.63, 3.8) is 0 Å². The number of nitrogens with zero attached hydrogens (tertiary/aromatic N) is 5. The van der Waals surface area contributed by atoms with Crippen molar-refractivity contribution in [2.45, 2.75) is 19.1 Å². The van der Waals surface area contributed by atoms with Crippen molar-refractivity contribution in [2.75, 3.05) is 25.0 Å². The van der Waals surface area contributed by atoms with Crippen molar-refractivity contribution in [3.8, 4) is 17.0 Å². The maximum Gasteiger partial charge on any atom is 0.159 e. The number of hydrogen-bond donors (Lipinski definition) is 2. The van der Waals surface area contributed by atoms with E-state index in [-0.39, 0.29) is 11.8 Å². The van der Waals surface area contributed by atoms with Gasteiger partial charge in [-0.25, -0.2) is 14.4 Å². The molecule has 8 heteroatoms. The van der Waals surface area contributed by atoms with E-state index < -0.39 is 6.17 Å². The predicted molar refractivity (Wildman–Crippen MR) is 116 cm³/mol. The van der Waals surface area contributed by atoms with Gasteiger partial charge in [0.1, 0.15) is 11.9 Å². The van der Waals surface area contributed by atoms with E-state index >= 15 is 0 Å². The Kier molecular flexibility index (Phi) is 4.32. The van der Waals surface area contributed by atoms with Crippen LogP contribution in [0.2, 0.25) is 0 Å². The fourth-order valence-electron chi connectivity index (χ4n) is 4.21. The van der Waals surface area contributed by atoms with Crippen molar-refractivity contribution in [2.24, 2.45) is 7.05 Å². The number of alkyl halides is 1. The summed E-state index contributed by atoms with van der Waals surface area (Å²) in [5.74, 6) is 0.175. The number of aromatic hydroxyl groups is 1. The zero-order chi connectivity index (χ0) is 21.0. The van der Waals surface area contributed by atoms with E-state index in [0.717, 1.165) is 27.5 Å². The average molecular weight is 406 g/mol. The molecule has 3 aromatic heterocycles. The van der Waals surface area contributed by atoms with Gasteiger partial charge in [0.15, 0.2) is 5.65 Å². The zero-order valence-corrected chi connectivity index (χ0v) is 17.1. The molecule has 1 saturated heterocycles. The number of pyridine rings is 2. The van der Waals surface area contributed by atoms with Gasteiger partial charge in [0.05, 0.1) is 35.7 Å². The second kappa shape index (κ2) is 6.91. The molecule has 7 nitrogen and oxygen atoms in total. The lowest BCUT2D eigenvalue weighted by Crippen LogP contribution is -2.34. The molecule has 1 fully saturated rings. The van der Waals surface area contributed by atoms with Crippen LogP contribution >= 0.6 is 0 Å². The summed E-state index contributed by atoms with van der Waals surface area (Å²) >= 11 is 0. The average Bonchev–Trinajstić information content (AvgIpc) is 3.31. The first-order chi connectivity index (χ1) is 14.4. The van der Waals surface area contributed by atoms with Crippen LogP contribution in [0.3, 0.4) is 0 Å². The topological polar surface area (TPSA) is 79.1 Å². The van der Waals surface area contributed by atoms with Crippen molar-refractivity contribution < 1.29 is 9.50 Å². The number of benzene rings is 1. The lowest BCUT2D eigenvalue weighted by Gasteiger charge is -2.18. The van der Waals surface area contributed by atoms with Gasteiger partial charge in [-0.05, 0) is 38.2 Å². The fourth-order valence-corrected chi connectivity index (χ4v) is 4.21. The first-order valence-corrected chi connectivity index (χ1v) is 9.94. The van der Waals surface area contributed by atoms with Crippen LogP contribution in [0.25, 0.3) is 33.2 Å². The van der Waals surface area contributed by atoms with E-state index in [1.54, 1.807) is 17.9 Å². The fraction of sp³-hybridized carbons (Fsp3) is 0.318. The van der Waals surface area contributed by atoms with Crippen LogP contribution < -0.4 is 10.2 Å². The third kappa shape index (κ3) is 2.95. The van der Waals surface area contributed by atoms with Crippen molar-refractivity contribution in [1.29, 1.82) is 0 Å². The van der Waals surface area contributed by atoms with E-state index in [1.165, 1.54) is 0 Å². The van der Waals surface area contributed by atoms with Gasteiger partial charge in [0.25, 0.3) is 0 Å². The van der Waals surface area contributed by atoms with Crippen molar-refractivity contribution in [3.05, 3.63) is 42.2 Å². The summed E-state index contributed by atoms with van der Waals surface area (Å²) in [6.07, 6.45) is 2.75. The van der Waals surface area contributed by atoms with Crippen LogP contribution in [0.15, 0.2) is 36.7 Å². The molecule has 0 bridgehead atoms. The van der Waals surface area contributed by atoms with Gasteiger partial charge in [0.2, 0.25) is 0 Å². The van der Waals surface area contributed by atoms with Gasteiger partial charge >= 0.3 is 0 Å². The van der Waals surface area contributed by atoms with Crippen LogP contribution in [-0.2, 0) is 7.05 Å². The second-order valence-corrected chi connectivity index (χ2v) is 7.89. The number of hydrogen-bond acceptors (Lipinski definition) is 6. The minimum atomic E-state index is -0.903. The SMILES string of the molecule is CN[C@@H]1CN(c2cnc3nc(-c4cc5cn(C)nc5c(C)c4O)ccc3c2)C[C@H]1F. The smallest absolute Gasteiger partial charge is 0.159 e. The third-order valence-corrected chi connectivity index (χ3v) is 5.91. The van der Waals surface area contributed by atoms with Crippen LogP contribution in [0.5, 0.6) is 5.75 Å². The Balaban J connectivity index is 1.53. The summed E-state index contributed by atoms with van der Waals surface area (Å²) in [6.45, 7) is 2.81. The predicted octanol–water partition coefficient (Wildman–Crippen LogP) is 2.94. The maximum atomic E-state index is 14.1. The van der Waals surface area contributed by atoms with Crippen LogP contribution in [0.1, 0.15) is 5.56 Å². The number of phenolic OH excluding ortho intramolecular Hbond substituents is 1. The van der Waals surface area contributed by atoms with Gasteiger partial charge in [-0.1, -0.05) is 0 Å². The zero-order valence-electron chi connectivity index (χ0n) is 17.1. The van der Waals surface area contributed by atoms with E-state index in [0.29, 0.717) is 30.0 Å². The van der Waals surface area contributed by atoms with Crippen molar-refractivity contribution in [1.82, 2.24) is 25.1 Å². The quantitative estimate of drug-likeness (QED) is 0.545. The summed E-state index contributed by atoms with van der Waals surface area (Å²) < 4.78 is 15.8. The molecular weight excluding hydrogens is 383 g/mol. The highest BCUT2D eigenvalue weighted by molar-refractivity contribution is 5.91. The summed E-state index contributed by atoms with van der Waals surface area (Å²) in [5, 5.41) is 20.0. The first-order valence-electron chi connectivity index (χ1n) is 9.94. The number of halogens is 1. The number of phenols is 1. The normalized spacial score (nSPS) is 19.3. The lowest BCUT2D eigenvalue weighted by molar-refractivity contribution is 0.310. The highest BCUT2D eigenvalue weighted by Gasteiger charge is 2.32. The van der Waals surface area contributed by atoms with E-state index in [1.807, 2.05) is 49.3 Å². The van der Waals surface area contributed by atoms with E-state index in [9.17, 15) is 9.50 Å². The Morgan fingerprint density at radius 1 is 1.20 bits per heavy atom. The van der Waals surface area contributed by atoms with Gasteiger partial charge in [-0.3, -0.25) is 4.68 Å². The molecule has 2 atom stereocenters. The molecule has 2 N–H and O–H groups in total. The molecule has 30 heavy (non-hydrogen) atoms. The second-order valence-electron chi connectivity index (χ2n) is 7.89. The standard InChI is InChI=1S/C22H23FN6O/c1-12-20-14(9-28(3)27-20)7-16(21(12)30)18-5-4-13-6-15(8-25-22(13)26-18)29-10-17(23)19(11-29)24-2/h4-9,17,19,24,30H,10-11H2,1-3H3/t17-,19-/m1/s1. The Morgan fingerprint density at radius 2 is 2.03 bits per heavy atom. The molecule has 4 aromatic rings. The van der Waals surface area contributed by atoms with Gasteiger partial charge in [0, 0.05) is 41.7 Å². The van der Waals surface area contributed by atoms with Gasteiger partial charge in [-0.15, -0.1) is 0 Å². The van der Waals surface area contributed by atoms with Crippen LogP contribution in [-0.4, -0.2) is 57.2 Å². The molecule has 0 unspecified atom stereocenters. The monoisotopic (exact) mass is 406 g/mol. The lowest BCUT2D eigenvalue weighted by atomic mass is 10.0. The van der Waals surface area contributed by atoms with E-state index in [4.69, 9.17) is 0 Å². The molecule has 0 amide bonds. The number of rotatable bonds is 3. The number of likely N-dealkylation sites (N-methyl/N-ethyl adjacent to an activating group) is 1. The highest BCUT2D eigenvalue weighted by Crippen LogP contribution is 2.36. The highest BCUT2D eigenvalue weighted by atomic mass is 19.1. The van der Waals surface area contributed by atoms with Crippen molar-refractivity contribution >= 4 is 27.6 Å². The molecule has 0 radical (unpaired) electrons. The summed E-state index contributed by atoms with van der Waals surface area (Å²) in [4.78, 5) is 11.2. The summed E-state index contributed by atoms with van der Waals surface area (Å²) in [7, 11) is 3.64. The number of aryl methyl sites for hydroxylation is 2. The molecule has 1 aromatic carbocycles. The molecule has 0 saturated carbocycles. The Labute approximate surface area is 173 Å². The third-order valence-electron chi connectivity index (χ3n) is 5.91. The molecule has 154 valence electrons. The Morgan fingerprint density at radius 3 is 2.80 bits per heavy atom. The number of fused-ring (bicyclic) bond motifs is 2. The molecule has 0 aliphatic carbocycles. The Bertz CT molecular complexity index is 1270. The van der Waals surface area contributed by atoms with Gasteiger partial charge in [-0.2, -0.15) is 5.10 Å².